The van der Waals surface area contributed by atoms with Crippen LogP contribution in [0.15, 0.2) is 78.9 Å². The number of rotatable bonds is 18. The van der Waals surface area contributed by atoms with Gasteiger partial charge in [-0.15, -0.1) is 0 Å². The van der Waals surface area contributed by atoms with Gasteiger partial charge in [0.05, 0.1) is 23.4 Å². The molecule has 2 unspecified atom stereocenters. The Morgan fingerprint density at radius 3 is 1.51 bits per heavy atom. The van der Waals surface area contributed by atoms with E-state index in [1.54, 1.807) is 6.07 Å². The van der Waals surface area contributed by atoms with E-state index in [0.717, 1.165) is 36.8 Å². The molecule has 0 radical (unpaired) electrons. The van der Waals surface area contributed by atoms with Crippen molar-refractivity contribution in [2.75, 3.05) is 0 Å². The third kappa shape index (κ3) is 10.9. The molecule has 41 heavy (non-hydrogen) atoms. The Bertz CT molecular complexity index is 1140. The van der Waals surface area contributed by atoms with E-state index in [1.807, 2.05) is 6.07 Å². The Labute approximate surface area is 250 Å². The molecule has 0 saturated carbocycles. The standard InChI is InChI=1S/C38H54O3/c1-7-9-13-26-35(30-20-15-11-16-21-30)40-37(3,4)28-32-24-19-25-34(39)33(32)29-38(5,6)41-36(27-14-10-8-2)31-22-17-12-18-23-31/h11-12,15-25,35-36,39H,7-10,13-14,26-29H2,1-6H3. The Hall–Kier alpha value is -2.62. The first-order valence-corrected chi connectivity index (χ1v) is 15.9. The Balaban J connectivity index is 1.79. The number of benzene rings is 3. The molecule has 3 nitrogen and oxygen atoms in total. The zero-order valence-corrected chi connectivity index (χ0v) is 26.5. The highest BCUT2D eigenvalue weighted by Crippen LogP contribution is 2.36. The van der Waals surface area contributed by atoms with Crippen LogP contribution in [-0.2, 0) is 22.3 Å². The fourth-order valence-corrected chi connectivity index (χ4v) is 5.81. The van der Waals surface area contributed by atoms with E-state index in [9.17, 15) is 5.11 Å². The first-order chi connectivity index (χ1) is 19.6. The first kappa shape index (κ1) is 32.9. The van der Waals surface area contributed by atoms with Crippen molar-refractivity contribution < 1.29 is 14.6 Å². The lowest BCUT2D eigenvalue weighted by Crippen LogP contribution is -2.32. The van der Waals surface area contributed by atoms with Crippen molar-refractivity contribution in [3.05, 3.63) is 101 Å². The van der Waals surface area contributed by atoms with E-state index < -0.39 is 11.2 Å². The summed E-state index contributed by atoms with van der Waals surface area (Å²) in [7, 11) is 0. The Morgan fingerprint density at radius 1 is 0.585 bits per heavy atom. The van der Waals surface area contributed by atoms with Gasteiger partial charge in [-0.25, -0.2) is 0 Å². The molecular formula is C38H54O3. The van der Waals surface area contributed by atoms with Crippen LogP contribution in [0.4, 0.5) is 0 Å². The van der Waals surface area contributed by atoms with E-state index in [2.05, 4.69) is 108 Å². The molecule has 0 aliphatic rings. The highest BCUT2D eigenvalue weighted by atomic mass is 16.5. The van der Waals surface area contributed by atoms with Crippen molar-refractivity contribution in [3.8, 4) is 5.75 Å². The van der Waals surface area contributed by atoms with Crippen molar-refractivity contribution in [1.29, 1.82) is 0 Å². The zero-order valence-electron chi connectivity index (χ0n) is 26.5. The topological polar surface area (TPSA) is 38.7 Å². The number of aromatic hydroxyl groups is 1. The minimum atomic E-state index is -0.460. The van der Waals surface area contributed by atoms with Gasteiger partial charge >= 0.3 is 0 Å². The maximum atomic E-state index is 11.1. The van der Waals surface area contributed by atoms with Gasteiger partial charge in [0.2, 0.25) is 0 Å². The van der Waals surface area contributed by atoms with Gasteiger partial charge in [0.15, 0.2) is 0 Å². The van der Waals surface area contributed by atoms with Gasteiger partial charge in [-0.1, -0.05) is 125 Å². The molecule has 0 saturated heterocycles. The van der Waals surface area contributed by atoms with Crippen LogP contribution in [0.25, 0.3) is 0 Å². The third-order valence-electron chi connectivity index (χ3n) is 7.87. The summed E-state index contributed by atoms with van der Waals surface area (Å²) in [5.41, 5.74) is 3.66. The van der Waals surface area contributed by atoms with Crippen molar-refractivity contribution in [3.63, 3.8) is 0 Å². The van der Waals surface area contributed by atoms with E-state index in [-0.39, 0.29) is 12.2 Å². The minimum Gasteiger partial charge on any atom is -0.508 e. The Kier molecular flexibility index (Phi) is 12.9. The zero-order chi connectivity index (χ0) is 29.7. The molecule has 0 heterocycles. The molecule has 0 aliphatic heterocycles. The Morgan fingerprint density at radius 2 is 1.05 bits per heavy atom. The second kappa shape index (κ2) is 16.1. The number of hydrogen-bond donors (Lipinski definition) is 1. The van der Waals surface area contributed by atoms with Crippen LogP contribution in [-0.4, -0.2) is 16.3 Å². The average molecular weight is 559 g/mol. The molecule has 0 aliphatic carbocycles. The normalized spacial score (nSPS) is 13.7. The molecule has 3 rings (SSSR count). The molecule has 2 atom stereocenters. The fraction of sp³-hybridized carbons (Fsp3) is 0.526. The molecule has 224 valence electrons. The highest BCUT2D eigenvalue weighted by molar-refractivity contribution is 5.41. The maximum absolute atomic E-state index is 11.1. The number of unbranched alkanes of at least 4 members (excludes halogenated alkanes) is 4. The van der Waals surface area contributed by atoms with Crippen LogP contribution in [0, 0.1) is 0 Å². The highest BCUT2D eigenvalue weighted by Gasteiger charge is 2.30. The number of phenolic OH excluding ortho intramolecular Hbond substituents is 1. The summed E-state index contributed by atoms with van der Waals surface area (Å²) in [6, 6.07) is 27.1. The summed E-state index contributed by atoms with van der Waals surface area (Å²) in [6.07, 6.45) is 10.5. The summed E-state index contributed by atoms with van der Waals surface area (Å²) < 4.78 is 13.7. The summed E-state index contributed by atoms with van der Waals surface area (Å²) in [4.78, 5) is 0. The first-order valence-electron chi connectivity index (χ1n) is 15.9. The minimum absolute atomic E-state index is 0.0292. The SMILES string of the molecule is CCCCCC(OC(C)(C)Cc1cccc(O)c1CC(C)(C)OC(CCCCC)c1ccccc1)c1ccccc1. The van der Waals surface area contributed by atoms with Gasteiger partial charge in [0.25, 0.3) is 0 Å². The molecule has 3 aromatic carbocycles. The molecule has 3 heteroatoms. The molecule has 1 N–H and O–H groups in total. The second-order valence-electron chi connectivity index (χ2n) is 12.8. The van der Waals surface area contributed by atoms with Crippen molar-refractivity contribution >= 4 is 0 Å². The molecule has 0 bridgehead atoms. The van der Waals surface area contributed by atoms with E-state index in [1.165, 1.54) is 36.8 Å². The smallest absolute Gasteiger partial charge is 0.119 e. The van der Waals surface area contributed by atoms with Crippen molar-refractivity contribution in [1.82, 2.24) is 0 Å². The van der Waals surface area contributed by atoms with E-state index in [0.29, 0.717) is 18.6 Å². The summed E-state index contributed by atoms with van der Waals surface area (Å²) >= 11 is 0. The predicted molar refractivity (Wildman–Crippen MR) is 172 cm³/mol. The lowest BCUT2D eigenvalue weighted by molar-refractivity contribution is -0.0806. The molecule has 3 aromatic rings. The van der Waals surface area contributed by atoms with E-state index >= 15 is 0 Å². The van der Waals surface area contributed by atoms with Gasteiger partial charge < -0.3 is 14.6 Å². The largest absolute Gasteiger partial charge is 0.508 e. The van der Waals surface area contributed by atoms with E-state index in [4.69, 9.17) is 9.47 Å². The molecule has 0 aromatic heterocycles. The summed E-state index contributed by atoms with van der Waals surface area (Å²) in [5.74, 6) is 0.333. The molecule has 0 fully saturated rings. The summed E-state index contributed by atoms with van der Waals surface area (Å²) in [5, 5.41) is 11.1. The van der Waals surface area contributed by atoms with Crippen LogP contribution in [0.3, 0.4) is 0 Å². The second-order valence-corrected chi connectivity index (χ2v) is 12.8. The quantitative estimate of drug-likeness (QED) is 0.158. The van der Waals surface area contributed by atoms with Gasteiger partial charge in [-0.3, -0.25) is 0 Å². The average Bonchev–Trinajstić information content (AvgIpc) is 2.95. The molecule has 0 amide bonds. The lowest BCUT2D eigenvalue weighted by atomic mass is 9.88. The van der Waals surface area contributed by atoms with Crippen LogP contribution < -0.4 is 0 Å². The van der Waals surface area contributed by atoms with Crippen LogP contribution >= 0.6 is 0 Å². The van der Waals surface area contributed by atoms with Crippen molar-refractivity contribution in [2.24, 2.45) is 0 Å². The van der Waals surface area contributed by atoms with Crippen LogP contribution in [0.5, 0.6) is 5.75 Å². The van der Waals surface area contributed by atoms with Gasteiger partial charge in [0, 0.05) is 12.8 Å². The molecular weight excluding hydrogens is 504 g/mol. The van der Waals surface area contributed by atoms with Gasteiger partial charge in [-0.2, -0.15) is 0 Å². The number of hydrogen-bond acceptors (Lipinski definition) is 3. The van der Waals surface area contributed by atoms with Gasteiger partial charge in [0.1, 0.15) is 5.75 Å². The number of phenols is 1. The predicted octanol–water partition coefficient (Wildman–Crippen LogP) is 10.7. The van der Waals surface area contributed by atoms with Gasteiger partial charge in [-0.05, 0) is 68.9 Å². The monoisotopic (exact) mass is 558 g/mol. The van der Waals surface area contributed by atoms with Crippen LogP contribution in [0.1, 0.15) is 127 Å². The number of ether oxygens (including phenoxy) is 2. The lowest BCUT2D eigenvalue weighted by Gasteiger charge is -2.34. The van der Waals surface area contributed by atoms with Crippen LogP contribution in [0.2, 0.25) is 0 Å². The van der Waals surface area contributed by atoms with Crippen molar-refractivity contribution in [2.45, 2.75) is 129 Å². The molecule has 0 spiro atoms. The fourth-order valence-electron chi connectivity index (χ4n) is 5.81. The summed E-state index contributed by atoms with van der Waals surface area (Å²) in [6.45, 7) is 13.1. The third-order valence-corrected chi connectivity index (χ3v) is 7.87. The maximum Gasteiger partial charge on any atom is 0.119 e.